The van der Waals surface area contributed by atoms with E-state index in [0.29, 0.717) is 26.2 Å². The van der Waals surface area contributed by atoms with E-state index >= 15 is 0 Å². The van der Waals surface area contributed by atoms with Crippen LogP contribution in [0.15, 0.2) is 6.33 Å². The molecule has 108 valence electrons. The zero-order chi connectivity index (χ0) is 14.0. The smallest absolute Gasteiger partial charge is 0.214 e. The predicted molar refractivity (Wildman–Crippen MR) is 72.2 cm³/mol. The van der Waals surface area contributed by atoms with E-state index in [1.165, 1.54) is 4.31 Å². The lowest BCUT2D eigenvalue weighted by Gasteiger charge is -2.34. The van der Waals surface area contributed by atoms with Gasteiger partial charge in [-0.1, -0.05) is 0 Å². The van der Waals surface area contributed by atoms with Crippen molar-refractivity contribution in [3.05, 3.63) is 17.7 Å². The third-order valence-electron chi connectivity index (χ3n) is 3.52. The van der Waals surface area contributed by atoms with Crippen LogP contribution in [-0.2, 0) is 34.8 Å². The number of hydrogen-bond acceptors (Lipinski definition) is 4. The fourth-order valence-electron chi connectivity index (χ4n) is 2.39. The summed E-state index contributed by atoms with van der Waals surface area (Å²) in [6.45, 7) is 4.96. The molecule has 1 aromatic heterocycles. The topological polar surface area (TPSA) is 64.4 Å². The summed E-state index contributed by atoms with van der Waals surface area (Å²) < 4.78 is 33.3. The van der Waals surface area contributed by atoms with Gasteiger partial charge in [0.05, 0.1) is 37.0 Å². The van der Waals surface area contributed by atoms with Crippen molar-refractivity contribution in [2.45, 2.75) is 32.9 Å². The SMILES string of the molecule is CCOC[C@H]1Cc2c(ncn2C)CN1S(=O)(=O)CC. The number of ether oxygens (including phenoxy) is 1. The second kappa shape index (κ2) is 5.60. The Balaban J connectivity index is 2.30. The summed E-state index contributed by atoms with van der Waals surface area (Å²) in [5.74, 6) is 0.109. The molecule has 2 rings (SSSR count). The van der Waals surface area contributed by atoms with Gasteiger partial charge in [0.1, 0.15) is 0 Å². The molecule has 1 aromatic rings. The van der Waals surface area contributed by atoms with E-state index in [0.717, 1.165) is 11.4 Å². The van der Waals surface area contributed by atoms with Crippen LogP contribution in [0.4, 0.5) is 0 Å². The molecule has 1 aliphatic heterocycles. The van der Waals surface area contributed by atoms with Gasteiger partial charge in [0.2, 0.25) is 10.0 Å². The summed E-state index contributed by atoms with van der Waals surface area (Å²) in [6.07, 6.45) is 2.40. The summed E-state index contributed by atoms with van der Waals surface area (Å²) in [6, 6.07) is -0.132. The summed E-state index contributed by atoms with van der Waals surface area (Å²) in [5, 5.41) is 0. The molecule has 0 spiro atoms. The molecule has 0 saturated heterocycles. The van der Waals surface area contributed by atoms with Gasteiger partial charge in [0.15, 0.2) is 0 Å². The lowest BCUT2D eigenvalue weighted by Crippen LogP contribution is -2.47. The zero-order valence-corrected chi connectivity index (χ0v) is 12.5. The van der Waals surface area contributed by atoms with Crippen LogP contribution in [-0.4, -0.2) is 47.3 Å². The molecule has 0 amide bonds. The maximum absolute atomic E-state index is 12.2. The van der Waals surface area contributed by atoms with Gasteiger partial charge in [-0.05, 0) is 13.8 Å². The largest absolute Gasteiger partial charge is 0.380 e. The predicted octanol–water partition coefficient (Wildman–Crippen LogP) is 0.533. The number of aryl methyl sites for hydroxylation is 1. The number of rotatable bonds is 5. The van der Waals surface area contributed by atoms with E-state index in [1.807, 2.05) is 18.5 Å². The Morgan fingerprint density at radius 1 is 1.47 bits per heavy atom. The monoisotopic (exact) mass is 287 g/mol. The minimum absolute atomic E-state index is 0.109. The number of hydrogen-bond donors (Lipinski definition) is 0. The number of sulfonamides is 1. The van der Waals surface area contributed by atoms with E-state index in [1.54, 1.807) is 13.3 Å². The average Bonchev–Trinajstić information content (AvgIpc) is 2.76. The number of fused-ring (bicyclic) bond motifs is 1. The lowest BCUT2D eigenvalue weighted by molar-refractivity contribution is 0.0902. The summed E-state index contributed by atoms with van der Waals surface area (Å²) in [7, 11) is -1.29. The first-order valence-electron chi connectivity index (χ1n) is 6.56. The minimum Gasteiger partial charge on any atom is -0.380 e. The van der Waals surface area contributed by atoms with Crippen molar-refractivity contribution in [2.24, 2.45) is 7.05 Å². The van der Waals surface area contributed by atoms with Crippen LogP contribution >= 0.6 is 0 Å². The molecule has 1 atom stereocenters. The van der Waals surface area contributed by atoms with Crippen LogP contribution in [0.1, 0.15) is 25.2 Å². The van der Waals surface area contributed by atoms with Crippen molar-refractivity contribution in [3.63, 3.8) is 0 Å². The van der Waals surface area contributed by atoms with Gasteiger partial charge in [0.25, 0.3) is 0 Å². The maximum Gasteiger partial charge on any atom is 0.214 e. The van der Waals surface area contributed by atoms with Gasteiger partial charge in [-0.15, -0.1) is 0 Å². The van der Waals surface area contributed by atoms with Gasteiger partial charge in [-0.3, -0.25) is 0 Å². The summed E-state index contributed by atoms with van der Waals surface area (Å²) >= 11 is 0. The van der Waals surface area contributed by atoms with Crippen molar-refractivity contribution in [1.82, 2.24) is 13.9 Å². The average molecular weight is 287 g/mol. The molecular formula is C12H21N3O3S. The Hall–Kier alpha value is -0.920. The van der Waals surface area contributed by atoms with Crippen molar-refractivity contribution < 1.29 is 13.2 Å². The number of nitrogens with zero attached hydrogens (tertiary/aromatic N) is 3. The molecule has 7 heteroatoms. The van der Waals surface area contributed by atoms with Crippen LogP contribution in [0.5, 0.6) is 0 Å². The van der Waals surface area contributed by atoms with E-state index in [2.05, 4.69) is 4.98 Å². The molecule has 0 N–H and O–H groups in total. The highest BCUT2D eigenvalue weighted by Gasteiger charge is 2.35. The first kappa shape index (κ1) is 14.5. The zero-order valence-electron chi connectivity index (χ0n) is 11.7. The molecule has 0 fully saturated rings. The molecule has 19 heavy (non-hydrogen) atoms. The fraction of sp³-hybridized carbons (Fsp3) is 0.750. The highest BCUT2D eigenvalue weighted by Crippen LogP contribution is 2.25. The molecule has 1 aliphatic rings. The van der Waals surface area contributed by atoms with Crippen molar-refractivity contribution in [3.8, 4) is 0 Å². The highest BCUT2D eigenvalue weighted by molar-refractivity contribution is 7.89. The Labute approximate surface area is 114 Å². The third kappa shape index (κ3) is 2.82. The fourth-order valence-corrected chi connectivity index (χ4v) is 3.63. The molecular weight excluding hydrogens is 266 g/mol. The van der Waals surface area contributed by atoms with Gasteiger partial charge in [-0.25, -0.2) is 13.4 Å². The van der Waals surface area contributed by atoms with Gasteiger partial charge in [-0.2, -0.15) is 4.31 Å². The Morgan fingerprint density at radius 2 is 2.21 bits per heavy atom. The Bertz CT molecular complexity index is 538. The van der Waals surface area contributed by atoms with Crippen molar-refractivity contribution in [1.29, 1.82) is 0 Å². The molecule has 0 saturated carbocycles. The van der Waals surface area contributed by atoms with E-state index in [-0.39, 0.29) is 11.8 Å². The van der Waals surface area contributed by atoms with Crippen LogP contribution in [0.2, 0.25) is 0 Å². The molecule has 0 bridgehead atoms. The highest BCUT2D eigenvalue weighted by atomic mass is 32.2. The molecule has 0 aromatic carbocycles. The van der Waals surface area contributed by atoms with Crippen molar-refractivity contribution in [2.75, 3.05) is 19.0 Å². The molecule has 2 heterocycles. The molecule has 0 radical (unpaired) electrons. The Kier molecular flexibility index (Phi) is 4.27. The van der Waals surface area contributed by atoms with Gasteiger partial charge >= 0.3 is 0 Å². The van der Waals surface area contributed by atoms with Crippen molar-refractivity contribution >= 4 is 10.0 Å². The van der Waals surface area contributed by atoms with E-state index in [4.69, 9.17) is 4.74 Å². The van der Waals surface area contributed by atoms with E-state index in [9.17, 15) is 8.42 Å². The summed E-state index contributed by atoms with van der Waals surface area (Å²) in [5.41, 5.74) is 1.96. The maximum atomic E-state index is 12.2. The van der Waals surface area contributed by atoms with Crippen LogP contribution < -0.4 is 0 Å². The third-order valence-corrected chi connectivity index (χ3v) is 5.40. The Morgan fingerprint density at radius 3 is 2.84 bits per heavy atom. The number of aromatic nitrogens is 2. The normalized spacial score (nSPS) is 20.5. The first-order chi connectivity index (χ1) is 8.99. The van der Waals surface area contributed by atoms with E-state index < -0.39 is 10.0 Å². The molecule has 6 nitrogen and oxygen atoms in total. The van der Waals surface area contributed by atoms with Gasteiger partial charge < -0.3 is 9.30 Å². The van der Waals surface area contributed by atoms with Gasteiger partial charge in [0, 0.05) is 25.8 Å². The first-order valence-corrected chi connectivity index (χ1v) is 8.16. The second-order valence-electron chi connectivity index (χ2n) is 4.71. The molecule has 0 aliphatic carbocycles. The summed E-state index contributed by atoms with van der Waals surface area (Å²) in [4.78, 5) is 4.29. The quantitative estimate of drug-likeness (QED) is 0.792. The minimum atomic E-state index is -3.23. The van der Waals surface area contributed by atoms with Crippen LogP contribution in [0, 0.1) is 0 Å². The van der Waals surface area contributed by atoms with Crippen LogP contribution in [0.25, 0.3) is 0 Å². The number of imidazole rings is 1. The second-order valence-corrected chi connectivity index (χ2v) is 6.92. The lowest BCUT2D eigenvalue weighted by atomic mass is 10.1. The standard InChI is InChI=1S/C12H21N3O3S/c1-4-18-8-10-6-12-11(13-9-14(12)3)7-15(10)19(16,17)5-2/h9-10H,4-8H2,1-3H3/t10-/m1/s1. The molecule has 0 unspecified atom stereocenters. The van der Waals surface area contributed by atoms with Crippen LogP contribution in [0.3, 0.4) is 0 Å².